The Morgan fingerprint density at radius 1 is 1.22 bits per heavy atom. The number of benzene rings is 1. The molecule has 18 heavy (non-hydrogen) atoms. The molecule has 0 amide bonds. The Kier molecular flexibility index (Phi) is 2.84. The number of nitrogens with one attached hydrogen (secondary N) is 1. The van der Waals surface area contributed by atoms with Crippen LogP contribution in [0.5, 0.6) is 5.75 Å². The predicted octanol–water partition coefficient (Wildman–Crippen LogP) is 2.64. The minimum atomic E-state index is -0.476. The first-order chi connectivity index (χ1) is 8.81. The van der Waals surface area contributed by atoms with Crippen molar-refractivity contribution in [3.8, 4) is 5.75 Å². The highest BCUT2D eigenvalue weighted by Gasteiger charge is 2.21. The Morgan fingerprint density at radius 2 is 2.11 bits per heavy atom. The van der Waals surface area contributed by atoms with Crippen LogP contribution < -0.4 is 10.1 Å². The third-order valence-electron chi connectivity index (χ3n) is 2.94. The van der Waals surface area contributed by atoms with Crippen LogP contribution in [0.4, 0.5) is 10.2 Å². The SMILES string of the molecule is Fc1cccc(NCC2Cc3ccccc3O2)n1. The number of pyridine rings is 1. The minimum absolute atomic E-state index is 0.0764. The number of nitrogens with zero attached hydrogens (tertiary/aromatic N) is 1. The third-order valence-corrected chi connectivity index (χ3v) is 2.94. The number of aromatic nitrogens is 1. The summed E-state index contributed by atoms with van der Waals surface area (Å²) in [7, 11) is 0. The predicted molar refractivity (Wildman–Crippen MR) is 67.2 cm³/mol. The summed E-state index contributed by atoms with van der Waals surface area (Å²) in [6.07, 6.45) is 0.950. The molecule has 0 radical (unpaired) electrons. The lowest BCUT2D eigenvalue weighted by atomic mass is 10.1. The van der Waals surface area contributed by atoms with Crippen LogP contribution in [0.3, 0.4) is 0 Å². The molecule has 1 aliphatic rings. The lowest BCUT2D eigenvalue weighted by Gasteiger charge is -2.12. The zero-order valence-electron chi connectivity index (χ0n) is 9.77. The first-order valence-corrected chi connectivity index (χ1v) is 5.92. The molecule has 4 heteroatoms. The van der Waals surface area contributed by atoms with E-state index in [1.54, 1.807) is 12.1 Å². The fraction of sp³-hybridized carbons (Fsp3) is 0.214. The number of hydrogen-bond donors (Lipinski definition) is 1. The van der Waals surface area contributed by atoms with Crippen molar-refractivity contribution in [1.29, 1.82) is 0 Å². The molecule has 3 rings (SSSR count). The summed E-state index contributed by atoms with van der Waals surface area (Å²) >= 11 is 0. The van der Waals surface area contributed by atoms with Gasteiger partial charge in [0.25, 0.3) is 0 Å². The van der Waals surface area contributed by atoms with Crippen molar-refractivity contribution < 1.29 is 9.13 Å². The van der Waals surface area contributed by atoms with Crippen molar-refractivity contribution >= 4 is 5.82 Å². The van der Waals surface area contributed by atoms with Gasteiger partial charge in [0.05, 0.1) is 6.54 Å². The lowest BCUT2D eigenvalue weighted by molar-refractivity contribution is 0.246. The second-order valence-electron chi connectivity index (χ2n) is 4.28. The average molecular weight is 244 g/mol. The van der Waals surface area contributed by atoms with Gasteiger partial charge < -0.3 is 10.1 Å². The molecule has 0 aliphatic carbocycles. The Morgan fingerprint density at radius 3 is 2.94 bits per heavy atom. The summed E-state index contributed by atoms with van der Waals surface area (Å²) in [6.45, 7) is 0.616. The van der Waals surface area contributed by atoms with E-state index in [4.69, 9.17) is 4.74 Å². The van der Waals surface area contributed by atoms with Gasteiger partial charge in [0.1, 0.15) is 17.7 Å². The number of hydrogen-bond acceptors (Lipinski definition) is 3. The smallest absolute Gasteiger partial charge is 0.214 e. The van der Waals surface area contributed by atoms with Gasteiger partial charge in [0, 0.05) is 6.42 Å². The number of ether oxygens (including phenoxy) is 1. The highest BCUT2D eigenvalue weighted by molar-refractivity contribution is 5.39. The molecule has 1 atom stereocenters. The van der Waals surface area contributed by atoms with Gasteiger partial charge in [-0.2, -0.15) is 4.39 Å². The molecule has 0 saturated heterocycles. The van der Waals surface area contributed by atoms with E-state index in [0.717, 1.165) is 12.2 Å². The fourth-order valence-electron chi connectivity index (χ4n) is 2.09. The van der Waals surface area contributed by atoms with Crippen molar-refractivity contribution in [3.63, 3.8) is 0 Å². The molecule has 1 unspecified atom stereocenters. The third kappa shape index (κ3) is 2.27. The topological polar surface area (TPSA) is 34.1 Å². The normalized spacial score (nSPS) is 17.1. The standard InChI is InChI=1S/C14H13FN2O/c15-13-6-3-7-14(17-13)16-9-11-8-10-4-1-2-5-12(10)18-11/h1-7,11H,8-9H2,(H,16,17). The summed E-state index contributed by atoms with van der Waals surface area (Å²) in [4.78, 5) is 3.75. The van der Waals surface area contributed by atoms with Crippen molar-refractivity contribution in [3.05, 3.63) is 54.0 Å². The monoisotopic (exact) mass is 244 g/mol. The largest absolute Gasteiger partial charge is 0.488 e. The van der Waals surface area contributed by atoms with Crippen LogP contribution in [0.25, 0.3) is 0 Å². The fourth-order valence-corrected chi connectivity index (χ4v) is 2.09. The van der Waals surface area contributed by atoms with Crippen LogP contribution in [-0.4, -0.2) is 17.6 Å². The number of halogens is 1. The van der Waals surface area contributed by atoms with Crippen molar-refractivity contribution in [2.45, 2.75) is 12.5 Å². The molecule has 2 aromatic rings. The summed E-state index contributed by atoms with van der Waals surface area (Å²) in [5.41, 5.74) is 1.22. The zero-order valence-corrected chi connectivity index (χ0v) is 9.77. The molecule has 3 nitrogen and oxygen atoms in total. The number of fused-ring (bicyclic) bond motifs is 1. The van der Waals surface area contributed by atoms with Gasteiger partial charge in [0.2, 0.25) is 5.95 Å². The van der Waals surface area contributed by atoms with Gasteiger partial charge in [-0.15, -0.1) is 0 Å². The summed E-state index contributed by atoms with van der Waals surface area (Å²) in [6, 6.07) is 12.7. The van der Waals surface area contributed by atoms with Crippen LogP contribution in [0, 0.1) is 5.95 Å². The second-order valence-corrected chi connectivity index (χ2v) is 4.28. The van der Waals surface area contributed by atoms with Crippen LogP contribution in [-0.2, 0) is 6.42 Å². The first kappa shape index (κ1) is 11.0. The highest BCUT2D eigenvalue weighted by atomic mass is 19.1. The second kappa shape index (κ2) is 4.64. The van der Waals surface area contributed by atoms with E-state index in [-0.39, 0.29) is 6.10 Å². The van der Waals surface area contributed by atoms with Crippen LogP contribution in [0.2, 0.25) is 0 Å². The molecule has 1 aromatic carbocycles. The van der Waals surface area contributed by atoms with Crippen molar-refractivity contribution in [2.75, 3.05) is 11.9 Å². The van der Waals surface area contributed by atoms with Gasteiger partial charge in [-0.25, -0.2) is 4.98 Å². The van der Waals surface area contributed by atoms with E-state index in [1.165, 1.54) is 11.6 Å². The molecule has 1 N–H and O–H groups in total. The molecule has 0 spiro atoms. The van der Waals surface area contributed by atoms with Crippen molar-refractivity contribution in [2.24, 2.45) is 0 Å². The number of para-hydroxylation sites is 1. The van der Waals surface area contributed by atoms with Gasteiger partial charge in [-0.05, 0) is 23.8 Å². The van der Waals surface area contributed by atoms with Crippen LogP contribution >= 0.6 is 0 Å². The Labute approximate surface area is 105 Å². The molecular weight excluding hydrogens is 231 g/mol. The molecule has 1 aromatic heterocycles. The van der Waals surface area contributed by atoms with Gasteiger partial charge >= 0.3 is 0 Å². The maximum absolute atomic E-state index is 12.9. The van der Waals surface area contributed by atoms with Gasteiger partial charge in [-0.3, -0.25) is 0 Å². The summed E-state index contributed by atoms with van der Waals surface area (Å²) < 4.78 is 18.7. The Hall–Kier alpha value is -2.10. The average Bonchev–Trinajstić information content (AvgIpc) is 2.79. The summed E-state index contributed by atoms with van der Waals surface area (Å²) in [5.74, 6) is 1.00. The molecule has 2 heterocycles. The van der Waals surface area contributed by atoms with E-state index in [2.05, 4.69) is 16.4 Å². The minimum Gasteiger partial charge on any atom is -0.488 e. The molecule has 1 aliphatic heterocycles. The maximum atomic E-state index is 12.9. The molecule has 0 bridgehead atoms. The number of anilines is 1. The lowest BCUT2D eigenvalue weighted by Crippen LogP contribution is -2.24. The maximum Gasteiger partial charge on any atom is 0.214 e. The molecule has 0 fully saturated rings. The Balaban J connectivity index is 1.60. The highest BCUT2D eigenvalue weighted by Crippen LogP contribution is 2.28. The van der Waals surface area contributed by atoms with Crippen molar-refractivity contribution in [1.82, 2.24) is 4.98 Å². The molecule has 92 valence electrons. The van der Waals surface area contributed by atoms with Gasteiger partial charge in [-0.1, -0.05) is 24.3 Å². The zero-order chi connectivity index (χ0) is 12.4. The van der Waals surface area contributed by atoms with E-state index >= 15 is 0 Å². The van der Waals surface area contributed by atoms with E-state index < -0.39 is 5.95 Å². The molecule has 0 saturated carbocycles. The first-order valence-electron chi connectivity index (χ1n) is 5.92. The summed E-state index contributed by atoms with van der Waals surface area (Å²) in [5, 5.41) is 3.09. The van der Waals surface area contributed by atoms with Crippen LogP contribution in [0.15, 0.2) is 42.5 Å². The van der Waals surface area contributed by atoms with E-state index in [9.17, 15) is 4.39 Å². The van der Waals surface area contributed by atoms with E-state index in [0.29, 0.717) is 12.4 Å². The van der Waals surface area contributed by atoms with E-state index in [1.807, 2.05) is 18.2 Å². The molecular formula is C14H13FN2O. The number of rotatable bonds is 3. The van der Waals surface area contributed by atoms with Crippen LogP contribution in [0.1, 0.15) is 5.56 Å². The Bertz CT molecular complexity index is 534. The quantitative estimate of drug-likeness (QED) is 0.843. The van der Waals surface area contributed by atoms with Gasteiger partial charge in [0.15, 0.2) is 0 Å².